The lowest BCUT2D eigenvalue weighted by Gasteiger charge is -2.23. The molecule has 114 valence electrons. The number of nitrogens with zero attached hydrogens (tertiary/aromatic N) is 2. The van der Waals surface area contributed by atoms with E-state index < -0.39 is 0 Å². The minimum absolute atomic E-state index is 0.399. The van der Waals surface area contributed by atoms with Crippen LogP contribution < -0.4 is 5.32 Å². The van der Waals surface area contributed by atoms with Crippen LogP contribution >= 0.6 is 0 Å². The molecule has 1 unspecified atom stereocenters. The summed E-state index contributed by atoms with van der Waals surface area (Å²) in [6.07, 6.45) is 1.13. The summed E-state index contributed by atoms with van der Waals surface area (Å²) in [5.74, 6) is 0. The molecule has 21 heavy (non-hydrogen) atoms. The number of aromatic nitrogens is 1. The molecule has 0 saturated heterocycles. The molecule has 1 aromatic carbocycles. The highest BCUT2D eigenvalue weighted by molar-refractivity contribution is 5.79. The summed E-state index contributed by atoms with van der Waals surface area (Å²) in [5.41, 5.74) is 3.50. The lowest BCUT2D eigenvalue weighted by atomic mass is 10.0. The van der Waals surface area contributed by atoms with E-state index in [-0.39, 0.29) is 0 Å². The SMILES string of the molecule is CCN(CC)CCC(NC)c1ccc2nc(C)ccc2c1. The minimum Gasteiger partial charge on any atom is -0.313 e. The van der Waals surface area contributed by atoms with Crippen molar-refractivity contribution in [3.8, 4) is 0 Å². The molecule has 3 heteroatoms. The highest BCUT2D eigenvalue weighted by Gasteiger charge is 2.11. The lowest BCUT2D eigenvalue weighted by Crippen LogP contribution is -2.28. The van der Waals surface area contributed by atoms with Gasteiger partial charge >= 0.3 is 0 Å². The molecule has 1 N–H and O–H groups in total. The van der Waals surface area contributed by atoms with Crippen LogP contribution in [0.1, 0.15) is 37.6 Å². The summed E-state index contributed by atoms with van der Waals surface area (Å²) in [6, 6.07) is 11.3. The third-order valence-corrected chi connectivity index (χ3v) is 4.23. The maximum absolute atomic E-state index is 4.57. The van der Waals surface area contributed by atoms with Crippen molar-refractivity contribution in [3.63, 3.8) is 0 Å². The fraction of sp³-hybridized carbons (Fsp3) is 0.500. The van der Waals surface area contributed by atoms with Crippen LogP contribution in [0.3, 0.4) is 0 Å². The van der Waals surface area contributed by atoms with Gasteiger partial charge in [0.05, 0.1) is 5.52 Å². The van der Waals surface area contributed by atoms with Crippen molar-refractivity contribution in [1.29, 1.82) is 0 Å². The molecule has 2 aromatic rings. The summed E-state index contributed by atoms with van der Waals surface area (Å²) >= 11 is 0. The average molecular weight is 285 g/mol. The Balaban J connectivity index is 2.16. The summed E-state index contributed by atoms with van der Waals surface area (Å²) in [4.78, 5) is 7.04. The predicted molar refractivity (Wildman–Crippen MR) is 90.7 cm³/mol. The number of fused-ring (bicyclic) bond motifs is 1. The zero-order valence-electron chi connectivity index (χ0n) is 13.7. The lowest BCUT2D eigenvalue weighted by molar-refractivity contribution is 0.284. The number of benzene rings is 1. The Labute approximate surface area is 128 Å². The van der Waals surface area contributed by atoms with E-state index in [0.29, 0.717) is 6.04 Å². The summed E-state index contributed by atoms with van der Waals surface area (Å²) in [6.45, 7) is 9.85. The number of rotatable bonds is 7. The highest BCUT2D eigenvalue weighted by Crippen LogP contribution is 2.22. The van der Waals surface area contributed by atoms with Crippen LogP contribution in [0.2, 0.25) is 0 Å². The quantitative estimate of drug-likeness (QED) is 0.843. The second-order valence-corrected chi connectivity index (χ2v) is 5.56. The summed E-state index contributed by atoms with van der Waals surface area (Å²) < 4.78 is 0. The second kappa shape index (κ2) is 7.53. The Kier molecular flexibility index (Phi) is 5.71. The van der Waals surface area contributed by atoms with E-state index >= 15 is 0 Å². The maximum Gasteiger partial charge on any atom is 0.0705 e. The van der Waals surface area contributed by atoms with Gasteiger partial charge in [-0.3, -0.25) is 4.98 Å². The largest absolute Gasteiger partial charge is 0.313 e. The zero-order chi connectivity index (χ0) is 15.2. The van der Waals surface area contributed by atoms with Gasteiger partial charge in [-0.05, 0) is 63.8 Å². The molecular weight excluding hydrogens is 258 g/mol. The number of aryl methyl sites for hydroxylation is 1. The van der Waals surface area contributed by atoms with Gasteiger partial charge in [-0.25, -0.2) is 0 Å². The van der Waals surface area contributed by atoms with Gasteiger partial charge in [-0.2, -0.15) is 0 Å². The molecule has 2 rings (SSSR count). The first kappa shape index (κ1) is 15.9. The molecule has 1 aromatic heterocycles. The third kappa shape index (κ3) is 4.02. The Morgan fingerprint density at radius 3 is 2.57 bits per heavy atom. The van der Waals surface area contributed by atoms with Gasteiger partial charge in [0, 0.05) is 17.1 Å². The van der Waals surface area contributed by atoms with Gasteiger partial charge in [0.2, 0.25) is 0 Å². The van der Waals surface area contributed by atoms with Crippen LogP contribution in [0.5, 0.6) is 0 Å². The molecule has 0 bridgehead atoms. The van der Waals surface area contributed by atoms with Crippen molar-refractivity contribution in [2.24, 2.45) is 0 Å². The first-order chi connectivity index (χ1) is 10.2. The molecule has 0 spiro atoms. The highest BCUT2D eigenvalue weighted by atomic mass is 15.1. The van der Waals surface area contributed by atoms with Gasteiger partial charge in [0.15, 0.2) is 0 Å². The van der Waals surface area contributed by atoms with Crippen molar-refractivity contribution in [2.75, 3.05) is 26.7 Å². The monoisotopic (exact) mass is 285 g/mol. The molecule has 1 atom stereocenters. The van der Waals surface area contributed by atoms with Gasteiger partial charge in [-0.1, -0.05) is 26.0 Å². The molecule has 0 aliphatic heterocycles. The molecule has 3 nitrogen and oxygen atoms in total. The van der Waals surface area contributed by atoms with Gasteiger partial charge in [0.25, 0.3) is 0 Å². The topological polar surface area (TPSA) is 28.2 Å². The molecule has 0 aliphatic carbocycles. The van der Waals surface area contributed by atoms with Gasteiger partial charge in [-0.15, -0.1) is 0 Å². The van der Waals surface area contributed by atoms with Crippen LogP contribution in [-0.4, -0.2) is 36.6 Å². The summed E-state index contributed by atoms with van der Waals surface area (Å²) in [7, 11) is 2.05. The summed E-state index contributed by atoms with van der Waals surface area (Å²) in [5, 5.41) is 4.67. The van der Waals surface area contributed by atoms with E-state index in [1.807, 2.05) is 14.0 Å². The molecule has 1 heterocycles. The van der Waals surface area contributed by atoms with Crippen molar-refractivity contribution in [2.45, 2.75) is 33.2 Å². The zero-order valence-corrected chi connectivity index (χ0v) is 13.7. The normalized spacial score (nSPS) is 13.0. The number of hydrogen-bond donors (Lipinski definition) is 1. The van der Waals surface area contributed by atoms with Crippen molar-refractivity contribution < 1.29 is 0 Å². The fourth-order valence-corrected chi connectivity index (χ4v) is 2.79. The second-order valence-electron chi connectivity index (χ2n) is 5.56. The third-order valence-electron chi connectivity index (χ3n) is 4.23. The molecule has 0 aliphatic rings. The fourth-order valence-electron chi connectivity index (χ4n) is 2.79. The van der Waals surface area contributed by atoms with Gasteiger partial charge < -0.3 is 10.2 Å². The van der Waals surface area contributed by atoms with Crippen molar-refractivity contribution in [1.82, 2.24) is 15.2 Å². The van der Waals surface area contributed by atoms with E-state index in [0.717, 1.165) is 37.3 Å². The van der Waals surface area contributed by atoms with E-state index in [2.05, 4.69) is 59.4 Å². The molecular formula is C18H27N3. The van der Waals surface area contributed by atoms with Crippen LogP contribution in [0.25, 0.3) is 10.9 Å². The minimum atomic E-state index is 0.399. The van der Waals surface area contributed by atoms with Crippen LogP contribution in [0, 0.1) is 6.92 Å². The molecule has 0 saturated carbocycles. The molecule has 0 fully saturated rings. The van der Waals surface area contributed by atoms with Crippen LogP contribution in [0.15, 0.2) is 30.3 Å². The molecule has 0 radical (unpaired) electrons. The number of nitrogens with one attached hydrogen (secondary N) is 1. The number of pyridine rings is 1. The van der Waals surface area contributed by atoms with Crippen LogP contribution in [0.4, 0.5) is 0 Å². The van der Waals surface area contributed by atoms with Gasteiger partial charge in [0.1, 0.15) is 0 Å². The average Bonchev–Trinajstić information content (AvgIpc) is 2.51. The first-order valence-electron chi connectivity index (χ1n) is 7.94. The Morgan fingerprint density at radius 1 is 1.14 bits per heavy atom. The Hall–Kier alpha value is -1.45. The Bertz CT molecular complexity index is 576. The van der Waals surface area contributed by atoms with Crippen molar-refractivity contribution >= 4 is 10.9 Å². The molecule has 0 amide bonds. The standard InChI is InChI=1S/C18H27N3/c1-5-21(6-2)12-11-17(19-4)15-9-10-18-16(13-15)8-7-14(3)20-18/h7-10,13,17,19H,5-6,11-12H2,1-4H3. The number of hydrogen-bond acceptors (Lipinski definition) is 3. The van der Waals surface area contributed by atoms with Crippen molar-refractivity contribution in [3.05, 3.63) is 41.6 Å². The van der Waals surface area contributed by atoms with E-state index in [1.165, 1.54) is 10.9 Å². The van der Waals surface area contributed by atoms with E-state index in [4.69, 9.17) is 0 Å². The predicted octanol–water partition coefficient (Wildman–Crippen LogP) is 3.54. The Morgan fingerprint density at radius 2 is 1.90 bits per heavy atom. The first-order valence-corrected chi connectivity index (χ1v) is 7.94. The van der Waals surface area contributed by atoms with Crippen LogP contribution in [-0.2, 0) is 0 Å². The maximum atomic E-state index is 4.57. The van der Waals surface area contributed by atoms with E-state index in [1.54, 1.807) is 0 Å². The van der Waals surface area contributed by atoms with E-state index in [9.17, 15) is 0 Å². The smallest absolute Gasteiger partial charge is 0.0705 e.